The molecule has 4 heteroatoms. The van der Waals surface area contributed by atoms with Crippen molar-refractivity contribution >= 4 is 21.6 Å². The average molecular weight is 327 g/mol. The molecule has 1 aromatic carbocycles. The van der Waals surface area contributed by atoms with Crippen molar-refractivity contribution in [3.05, 3.63) is 28.2 Å². The molecular weight excluding hydrogens is 304 g/mol. The lowest BCUT2D eigenvalue weighted by Gasteiger charge is -2.23. The quantitative estimate of drug-likeness (QED) is 0.808. The van der Waals surface area contributed by atoms with E-state index in [0.29, 0.717) is 0 Å². The van der Waals surface area contributed by atoms with E-state index in [-0.39, 0.29) is 6.10 Å². The van der Waals surface area contributed by atoms with Crippen LogP contribution in [0.2, 0.25) is 0 Å². The second kappa shape index (κ2) is 6.73. The molecule has 1 saturated carbocycles. The predicted molar refractivity (Wildman–Crippen MR) is 83.6 cm³/mol. The first kappa shape index (κ1) is 14.8. The third-order valence-corrected chi connectivity index (χ3v) is 3.99. The van der Waals surface area contributed by atoms with Crippen LogP contribution in [0.1, 0.15) is 31.7 Å². The maximum absolute atomic E-state index is 9.40. The van der Waals surface area contributed by atoms with Gasteiger partial charge in [0.1, 0.15) is 0 Å². The normalized spacial score (nSPS) is 16.4. The lowest BCUT2D eigenvalue weighted by atomic mass is 10.1. The molecule has 0 saturated heterocycles. The van der Waals surface area contributed by atoms with Crippen molar-refractivity contribution in [1.82, 2.24) is 5.32 Å². The number of hydrogen-bond acceptors (Lipinski definition) is 3. The molecule has 1 unspecified atom stereocenters. The zero-order valence-electron chi connectivity index (χ0n) is 11.7. The topological polar surface area (TPSA) is 35.5 Å². The third kappa shape index (κ3) is 4.79. The minimum atomic E-state index is -0.245. The van der Waals surface area contributed by atoms with Gasteiger partial charge in [0.15, 0.2) is 0 Å². The van der Waals surface area contributed by atoms with E-state index in [1.807, 2.05) is 6.92 Å². The SMILES string of the molecule is CC(O)CCN(C)c1ccc(Br)cc1CNC1CC1. The first-order chi connectivity index (χ1) is 9.06. The van der Waals surface area contributed by atoms with Crippen LogP contribution >= 0.6 is 15.9 Å². The van der Waals surface area contributed by atoms with Gasteiger partial charge >= 0.3 is 0 Å². The molecular formula is C15H23BrN2O. The first-order valence-electron chi connectivity index (χ1n) is 6.97. The van der Waals surface area contributed by atoms with Gasteiger partial charge in [-0.3, -0.25) is 0 Å². The molecule has 0 aromatic heterocycles. The molecule has 1 fully saturated rings. The van der Waals surface area contributed by atoms with Crippen LogP contribution in [-0.2, 0) is 6.54 Å². The summed E-state index contributed by atoms with van der Waals surface area (Å²) < 4.78 is 1.12. The van der Waals surface area contributed by atoms with E-state index in [2.05, 4.69) is 51.4 Å². The van der Waals surface area contributed by atoms with Crippen LogP contribution in [0.25, 0.3) is 0 Å². The van der Waals surface area contributed by atoms with Crippen molar-refractivity contribution in [2.24, 2.45) is 0 Å². The Balaban J connectivity index is 2.03. The molecule has 2 N–H and O–H groups in total. The minimum Gasteiger partial charge on any atom is -0.393 e. The lowest BCUT2D eigenvalue weighted by Crippen LogP contribution is -2.24. The van der Waals surface area contributed by atoms with Crippen molar-refractivity contribution in [2.75, 3.05) is 18.5 Å². The van der Waals surface area contributed by atoms with Crippen LogP contribution in [0.4, 0.5) is 5.69 Å². The second-order valence-electron chi connectivity index (χ2n) is 5.49. The summed E-state index contributed by atoms with van der Waals surface area (Å²) in [6, 6.07) is 7.13. The van der Waals surface area contributed by atoms with Crippen LogP contribution < -0.4 is 10.2 Å². The van der Waals surface area contributed by atoms with Gasteiger partial charge in [0.2, 0.25) is 0 Å². The van der Waals surface area contributed by atoms with Gasteiger partial charge < -0.3 is 15.3 Å². The Morgan fingerprint density at radius 2 is 2.21 bits per heavy atom. The zero-order chi connectivity index (χ0) is 13.8. The van der Waals surface area contributed by atoms with Crippen LogP contribution in [-0.4, -0.2) is 30.8 Å². The van der Waals surface area contributed by atoms with Gasteiger partial charge in [-0.05, 0) is 49.9 Å². The molecule has 3 nitrogen and oxygen atoms in total. The molecule has 19 heavy (non-hydrogen) atoms. The Labute approximate surface area is 124 Å². The molecule has 0 heterocycles. The highest BCUT2D eigenvalue weighted by Crippen LogP contribution is 2.26. The summed E-state index contributed by atoms with van der Waals surface area (Å²) in [5.41, 5.74) is 2.56. The Bertz CT molecular complexity index is 419. The summed E-state index contributed by atoms with van der Waals surface area (Å²) in [4.78, 5) is 2.23. The molecule has 0 spiro atoms. The molecule has 1 aromatic rings. The highest BCUT2D eigenvalue weighted by atomic mass is 79.9. The standard InChI is InChI=1S/C15H23BrN2O/c1-11(19)7-8-18(2)15-6-3-13(16)9-12(15)10-17-14-4-5-14/h3,6,9,11,14,17,19H,4-5,7-8,10H2,1-2H3. The van der Waals surface area contributed by atoms with Gasteiger partial charge in [0, 0.05) is 36.3 Å². The van der Waals surface area contributed by atoms with Crippen LogP contribution in [0.5, 0.6) is 0 Å². The highest BCUT2D eigenvalue weighted by molar-refractivity contribution is 9.10. The molecule has 2 rings (SSSR count). The Morgan fingerprint density at radius 1 is 1.47 bits per heavy atom. The van der Waals surface area contributed by atoms with Gasteiger partial charge in [-0.2, -0.15) is 0 Å². The number of aliphatic hydroxyl groups excluding tert-OH is 1. The van der Waals surface area contributed by atoms with Crippen LogP contribution in [0.3, 0.4) is 0 Å². The number of anilines is 1. The van der Waals surface area contributed by atoms with Crippen molar-refractivity contribution in [3.8, 4) is 0 Å². The molecule has 1 atom stereocenters. The molecule has 0 radical (unpaired) electrons. The number of aliphatic hydroxyl groups is 1. The monoisotopic (exact) mass is 326 g/mol. The zero-order valence-corrected chi connectivity index (χ0v) is 13.3. The van der Waals surface area contributed by atoms with E-state index < -0.39 is 0 Å². The Morgan fingerprint density at radius 3 is 2.84 bits per heavy atom. The smallest absolute Gasteiger partial charge is 0.0528 e. The highest BCUT2D eigenvalue weighted by Gasteiger charge is 2.20. The van der Waals surface area contributed by atoms with E-state index in [1.165, 1.54) is 24.1 Å². The summed E-state index contributed by atoms with van der Waals surface area (Å²) in [7, 11) is 2.09. The van der Waals surface area contributed by atoms with Gasteiger partial charge in [0.05, 0.1) is 6.10 Å². The number of nitrogens with one attached hydrogen (secondary N) is 1. The molecule has 0 amide bonds. The van der Waals surface area contributed by atoms with Crippen molar-refractivity contribution < 1.29 is 5.11 Å². The van der Waals surface area contributed by atoms with E-state index in [0.717, 1.165) is 30.0 Å². The lowest BCUT2D eigenvalue weighted by molar-refractivity contribution is 0.187. The van der Waals surface area contributed by atoms with E-state index in [1.54, 1.807) is 0 Å². The first-order valence-corrected chi connectivity index (χ1v) is 7.76. The van der Waals surface area contributed by atoms with E-state index >= 15 is 0 Å². The number of rotatable bonds is 7. The van der Waals surface area contributed by atoms with Gasteiger partial charge in [-0.1, -0.05) is 15.9 Å². The molecule has 0 bridgehead atoms. The van der Waals surface area contributed by atoms with E-state index in [9.17, 15) is 5.11 Å². The van der Waals surface area contributed by atoms with Crippen molar-refractivity contribution in [3.63, 3.8) is 0 Å². The largest absolute Gasteiger partial charge is 0.393 e. The number of benzene rings is 1. The van der Waals surface area contributed by atoms with Crippen molar-refractivity contribution in [1.29, 1.82) is 0 Å². The fraction of sp³-hybridized carbons (Fsp3) is 0.600. The van der Waals surface area contributed by atoms with Gasteiger partial charge in [-0.15, -0.1) is 0 Å². The molecule has 1 aliphatic rings. The number of nitrogens with zero attached hydrogens (tertiary/aromatic N) is 1. The fourth-order valence-corrected chi connectivity index (χ4v) is 2.52. The summed E-state index contributed by atoms with van der Waals surface area (Å²) in [6.07, 6.45) is 3.16. The maximum atomic E-state index is 9.40. The third-order valence-electron chi connectivity index (χ3n) is 3.49. The number of hydrogen-bond donors (Lipinski definition) is 2. The summed E-state index contributed by atoms with van der Waals surface area (Å²) in [5, 5.41) is 13.0. The second-order valence-corrected chi connectivity index (χ2v) is 6.40. The summed E-state index contributed by atoms with van der Waals surface area (Å²) >= 11 is 3.54. The van der Waals surface area contributed by atoms with Crippen molar-refractivity contribution in [2.45, 2.75) is 44.9 Å². The molecule has 1 aliphatic carbocycles. The number of halogens is 1. The maximum Gasteiger partial charge on any atom is 0.0528 e. The fourth-order valence-electron chi connectivity index (χ4n) is 2.11. The summed E-state index contributed by atoms with van der Waals surface area (Å²) in [5.74, 6) is 0. The van der Waals surface area contributed by atoms with Gasteiger partial charge in [-0.25, -0.2) is 0 Å². The Kier molecular flexibility index (Phi) is 5.25. The predicted octanol–water partition coefficient (Wildman–Crippen LogP) is 2.91. The van der Waals surface area contributed by atoms with Crippen LogP contribution in [0, 0.1) is 0 Å². The minimum absolute atomic E-state index is 0.245. The Hall–Kier alpha value is -0.580. The van der Waals surface area contributed by atoms with Gasteiger partial charge in [0.25, 0.3) is 0 Å². The average Bonchev–Trinajstić information content (AvgIpc) is 3.17. The van der Waals surface area contributed by atoms with Crippen LogP contribution in [0.15, 0.2) is 22.7 Å². The molecule has 0 aliphatic heterocycles. The summed E-state index contributed by atoms with van der Waals surface area (Å²) in [6.45, 7) is 3.62. The molecule has 106 valence electrons. The van der Waals surface area contributed by atoms with E-state index in [4.69, 9.17) is 0 Å².